The first-order chi connectivity index (χ1) is 11.1. The highest BCUT2D eigenvalue weighted by Gasteiger charge is 2.23. The number of aromatic nitrogens is 2. The van der Waals surface area contributed by atoms with Gasteiger partial charge in [0.15, 0.2) is 5.69 Å². The van der Waals surface area contributed by atoms with E-state index in [1.54, 1.807) is 0 Å². The predicted octanol–water partition coefficient (Wildman–Crippen LogP) is 1.52. The molecule has 1 amide bonds. The molecule has 0 aliphatic heterocycles. The molecule has 7 heteroatoms. The number of hydrogen-bond acceptors (Lipinski definition) is 4. The van der Waals surface area contributed by atoms with Gasteiger partial charge < -0.3 is 10.1 Å². The number of ether oxygens (including phenoxy) is 1. The smallest absolute Gasteiger partial charge is 0.275 e. The Bertz CT molecular complexity index is 782. The van der Waals surface area contributed by atoms with Crippen LogP contribution in [0.5, 0.6) is 5.88 Å². The number of nitrogens with one attached hydrogen (secondary N) is 1. The van der Waals surface area contributed by atoms with Crippen LogP contribution in [0.3, 0.4) is 0 Å². The Kier molecular flexibility index (Phi) is 4.10. The zero-order valence-corrected chi connectivity index (χ0v) is 12.6. The van der Waals surface area contributed by atoms with E-state index >= 15 is 0 Å². The van der Waals surface area contributed by atoms with E-state index in [9.17, 15) is 14.0 Å². The van der Waals surface area contributed by atoms with Gasteiger partial charge in [0, 0.05) is 6.54 Å². The van der Waals surface area contributed by atoms with Crippen LogP contribution in [0.4, 0.5) is 4.39 Å². The first kappa shape index (κ1) is 15.2. The van der Waals surface area contributed by atoms with Gasteiger partial charge in [-0.15, -0.1) is 0 Å². The summed E-state index contributed by atoms with van der Waals surface area (Å²) in [6.07, 6.45) is 2.19. The molecular formula is C16H16FN3O3. The molecule has 1 heterocycles. The van der Waals surface area contributed by atoms with E-state index in [2.05, 4.69) is 10.4 Å². The number of carbonyl (C=O) groups is 1. The van der Waals surface area contributed by atoms with E-state index in [4.69, 9.17) is 4.74 Å². The van der Waals surface area contributed by atoms with E-state index in [1.165, 1.54) is 42.1 Å². The number of hydrogen-bond donors (Lipinski definition) is 1. The lowest BCUT2D eigenvalue weighted by Crippen LogP contribution is -2.32. The number of methoxy groups -OCH3 is 1. The SMILES string of the molecule is COc1cc(=O)c(C(=O)NCC2CC2)nn1-c1ccc(F)cc1. The normalized spacial score (nSPS) is 13.7. The molecular weight excluding hydrogens is 301 g/mol. The number of benzene rings is 1. The second-order valence-electron chi connectivity index (χ2n) is 5.44. The van der Waals surface area contributed by atoms with Crippen molar-refractivity contribution in [2.75, 3.05) is 13.7 Å². The maximum Gasteiger partial charge on any atom is 0.275 e. The van der Waals surface area contributed by atoms with Crippen LogP contribution in [0.2, 0.25) is 0 Å². The Labute approximate surface area is 131 Å². The highest BCUT2D eigenvalue weighted by Crippen LogP contribution is 2.27. The summed E-state index contributed by atoms with van der Waals surface area (Å²) in [5.41, 5.74) is -0.247. The fourth-order valence-electron chi connectivity index (χ4n) is 2.15. The third kappa shape index (κ3) is 3.39. The van der Waals surface area contributed by atoms with Crippen LogP contribution in [0.1, 0.15) is 23.3 Å². The molecule has 0 atom stereocenters. The summed E-state index contributed by atoms with van der Waals surface area (Å²) in [4.78, 5) is 24.2. The molecule has 1 aliphatic carbocycles. The highest BCUT2D eigenvalue weighted by atomic mass is 19.1. The molecule has 0 radical (unpaired) electrons. The molecule has 120 valence electrons. The summed E-state index contributed by atoms with van der Waals surface area (Å²) >= 11 is 0. The average molecular weight is 317 g/mol. The maximum absolute atomic E-state index is 13.1. The molecule has 1 N–H and O–H groups in total. The van der Waals surface area contributed by atoms with Gasteiger partial charge in [0.05, 0.1) is 18.9 Å². The van der Waals surface area contributed by atoms with Crippen molar-refractivity contribution in [2.24, 2.45) is 5.92 Å². The van der Waals surface area contributed by atoms with Crippen molar-refractivity contribution >= 4 is 5.91 Å². The van der Waals surface area contributed by atoms with E-state index in [0.29, 0.717) is 18.2 Å². The van der Waals surface area contributed by atoms with Gasteiger partial charge >= 0.3 is 0 Å². The van der Waals surface area contributed by atoms with Crippen LogP contribution in [0.15, 0.2) is 35.1 Å². The monoisotopic (exact) mass is 317 g/mol. The molecule has 3 rings (SSSR count). The van der Waals surface area contributed by atoms with E-state index in [-0.39, 0.29) is 11.6 Å². The summed E-state index contributed by atoms with van der Waals surface area (Å²) in [5.74, 6) is -0.242. The zero-order chi connectivity index (χ0) is 16.4. The van der Waals surface area contributed by atoms with Crippen molar-refractivity contribution in [2.45, 2.75) is 12.8 Å². The Morgan fingerprint density at radius 1 is 1.39 bits per heavy atom. The van der Waals surface area contributed by atoms with Crippen LogP contribution in [-0.2, 0) is 0 Å². The van der Waals surface area contributed by atoms with Gasteiger partial charge in [0.2, 0.25) is 11.3 Å². The minimum absolute atomic E-state index is 0.167. The van der Waals surface area contributed by atoms with Crippen molar-refractivity contribution < 1.29 is 13.9 Å². The number of rotatable bonds is 5. The second-order valence-corrected chi connectivity index (χ2v) is 5.44. The molecule has 6 nitrogen and oxygen atoms in total. The molecule has 1 aromatic heterocycles. The fraction of sp³-hybridized carbons (Fsp3) is 0.312. The molecule has 1 saturated carbocycles. The first-order valence-corrected chi connectivity index (χ1v) is 7.31. The molecule has 2 aromatic rings. The number of halogens is 1. The molecule has 0 bridgehead atoms. The molecule has 0 saturated heterocycles. The van der Waals surface area contributed by atoms with Crippen LogP contribution < -0.4 is 15.5 Å². The topological polar surface area (TPSA) is 73.2 Å². The van der Waals surface area contributed by atoms with E-state index < -0.39 is 17.2 Å². The van der Waals surface area contributed by atoms with Gasteiger partial charge in [-0.2, -0.15) is 5.10 Å². The molecule has 1 aliphatic rings. The lowest BCUT2D eigenvalue weighted by molar-refractivity contribution is 0.0943. The van der Waals surface area contributed by atoms with Gasteiger partial charge in [0.1, 0.15) is 5.82 Å². The lowest BCUT2D eigenvalue weighted by Gasteiger charge is -2.12. The quantitative estimate of drug-likeness (QED) is 0.907. The molecule has 1 fully saturated rings. The summed E-state index contributed by atoms with van der Waals surface area (Å²) in [5, 5.41) is 6.80. The lowest BCUT2D eigenvalue weighted by atomic mass is 10.3. The van der Waals surface area contributed by atoms with Crippen LogP contribution in [-0.4, -0.2) is 29.3 Å². The second kappa shape index (κ2) is 6.20. The van der Waals surface area contributed by atoms with Crippen LogP contribution >= 0.6 is 0 Å². The summed E-state index contributed by atoms with van der Waals surface area (Å²) in [6.45, 7) is 0.544. The number of carbonyl (C=O) groups excluding carboxylic acids is 1. The largest absolute Gasteiger partial charge is 0.481 e. The molecule has 0 spiro atoms. The van der Waals surface area contributed by atoms with Crippen molar-refractivity contribution in [1.29, 1.82) is 0 Å². The Morgan fingerprint density at radius 3 is 2.70 bits per heavy atom. The molecule has 1 aromatic carbocycles. The third-order valence-electron chi connectivity index (χ3n) is 3.64. The van der Waals surface area contributed by atoms with Gasteiger partial charge in [0.25, 0.3) is 5.91 Å². The predicted molar refractivity (Wildman–Crippen MR) is 81.4 cm³/mol. The van der Waals surface area contributed by atoms with Crippen LogP contribution in [0.25, 0.3) is 5.69 Å². The number of amides is 1. The average Bonchev–Trinajstić information content (AvgIpc) is 3.37. The first-order valence-electron chi connectivity index (χ1n) is 7.31. The highest BCUT2D eigenvalue weighted by molar-refractivity contribution is 5.92. The summed E-state index contributed by atoms with van der Waals surface area (Å²) < 4.78 is 19.5. The van der Waals surface area contributed by atoms with E-state index in [1.807, 2.05) is 0 Å². The van der Waals surface area contributed by atoms with Gasteiger partial charge in [-0.25, -0.2) is 9.07 Å². The Morgan fingerprint density at radius 2 is 2.09 bits per heavy atom. The maximum atomic E-state index is 13.1. The minimum Gasteiger partial charge on any atom is -0.481 e. The van der Waals surface area contributed by atoms with Gasteiger partial charge in [-0.1, -0.05) is 0 Å². The summed E-state index contributed by atoms with van der Waals surface area (Å²) in [6, 6.07) is 6.70. The third-order valence-corrected chi connectivity index (χ3v) is 3.64. The van der Waals surface area contributed by atoms with Crippen molar-refractivity contribution in [3.63, 3.8) is 0 Å². The fourth-order valence-corrected chi connectivity index (χ4v) is 2.15. The summed E-state index contributed by atoms with van der Waals surface area (Å²) in [7, 11) is 1.39. The standard InChI is InChI=1S/C16H16FN3O3/c1-23-14-8-13(21)15(16(22)18-9-10-2-3-10)19-20(14)12-6-4-11(17)5-7-12/h4-8,10H,2-3,9H2,1H3,(H,18,22). The zero-order valence-electron chi connectivity index (χ0n) is 12.6. The van der Waals surface area contributed by atoms with Crippen LogP contribution in [0, 0.1) is 11.7 Å². The molecule has 0 unspecified atom stereocenters. The number of nitrogens with zero attached hydrogens (tertiary/aromatic N) is 2. The van der Waals surface area contributed by atoms with Gasteiger partial charge in [-0.05, 0) is 43.0 Å². The van der Waals surface area contributed by atoms with Crippen molar-refractivity contribution in [3.05, 3.63) is 52.1 Å². The Hall–Kier alpha value is -2.70. The minimum atomic E-state index is -0.520. The van der Waals surface area contributed by atoms with Crippen molar-refractivity contribution in [1.82, 2.24) is 15.1 Å². The Balaban J connectivity index is 1.96. The molecule has 23 heavy (non-hydrogen) atoms. The van der Waals surface area contributed by atoms with Crippen molar-refractivity contribution in [3.8, 4) is 11.6 Å². The van der Waals surface area contributed by atoms with Gasteiger partial charge in [-0.3, -0.25) is 9.59 Å². The van der Waals surface area contributed by atoms with E-state index in [0.717, 1.165) is 12.8 Å².